The van der Waals surface area contributed by atoms with Crippen LogP contribution in [0.2, 0.25) is 0 Å². The Morgan fingerprint density at radius 1 is 1.25 bits per heavy atom. The Labute approximate surface area is 121 Å². The summed E-state index contributed by atoms with van der Waals surface area (Å²) in [5, 5.41) is 3.01. The fourth-order valence-corrected chi connectivity index (χ4v) is 2.52. The first kappa shape index (κ1) is 15.1. The fourth-order valence-electron chi connectivity index (χ4n) is 2.52. The molecule has 1 fully saturated rings. The molecular formula is C15H26N4O. The predicted molar refractivity (Wildman–Crippen MR) is 81.0 cm³/mol. The summed E-state index contributed by atoms with van der Waals surface area (Å²) in [6.45, 7) is 8.37. The van der Waals surface area contributed by atoms with Crippen LogP contribution < -0.4 is 5.32 Å². The summed E-state index contributed by atoms with van der Waals surface area (Å²) in [5.74, 6) is 0.0430. The van der Waals surface area contributed by atoms with Crippen LogP contribution in [0.1, 0.15) is 22.5 Å². The SMILES string of the molecule is Cc1c(C(=O)NCCCN2CCN(C)CC2)ccn1C. The molecule has 0 aliphatic carbocycles. The second-order valence-electron chi connectivity index (χ2n) is 5.68. The number of aromatic nitrogens is 1. The molecule has 5 nitrogen and oxygen atoms in total. The minimum atomic E-state index is 0.0430. The lowest BCUT2D eigenvalue weighted by atomic mass is 10.2. The van der Waals surface area contributed by atoms with Crippen LogP contribution in [0.3, 0.4) is 0 Å². The van der Waals surface area contributed by atoms with Gasteiger partial charge in [0, 0.05) is 51.7 Å². The quantitative estimate of drug-likeness (QED) is 0.806. The maximum absolute atomic E-state index is 12.0. The van der Waals surface area contributed by atoms with E-state index in [1.165, 1.54) is 0 Å². The first-order chi connectivity index (χ1) is 9.58. The summed E-state index contributed by atoms with van der Waals surface area (Å²) < 4.78 is 1.97. The van der Waals surface area contributed by atoms with E-state index in [0.717, 1.165) is 56.9 Å². The summed E-state index contributed by atoms with van der Waals surface area (Å²) in [7, 11) is 4.12. The third-order valence-corrected chi connectivity index (χ3v) is 4.16. The molecule has 0 aromatic carbocycles. The molecule has 0 radical (unpaired) electrons. The van der Waals surface area contributed by atoms with Crippen LogP contribution in [0.5, 0.6) is 0 Å². The molecule has 20 heavy (non-hydrogen) atoms. The second-order valence-corrected chi connectivity index (χ2v) is 5.68. The van der Waals surface area contributed by atoms with E-state index in [9.17, 15) is 4.79 Å². The molecule has 112 valence electrons. The van der Waals surface area contributed by atoms with Crippen molar-refractivity contribution in [1.29, 1.82) is 0 Å². The fraction of sp³-hybridized carbons (Fsp3) is 0.667. The van der Waals surface area contributed by atoms with E-state index in [4.69, 9.17) is 0 Å². The van der Waals surface area contributed by atoms with Crippen molar-refractivity contribution in [2.24, 2.45) is 7.05 Å². The van der Waals surface area contributed by atoms with Crippen molar-refractivity contribution in [3.63, 3.8) is 0 Å². The normalized spacial score (nSPS) is 17.4. The summed E-state index contributed by atoms with van der Waals surface area (Å²) in [6, 6.07) is 1.88. The van der Waals surface area contributed by atoms with Gasteiger partial charge in [-0.2, -0.15) is 0 Å². The first-order valence-electron chi connectivity index (χ1n) is 7.39. The van der Waals surface area contributed by atoms with Crippen LogP contribution in [0.15, 0.2) is 12.3 Å². The standard InChI is InChI=1S/C15H26N4O/c1-13-14(5-8-18(13)3)15(20)16-6-4-7-19-11-9-17(2)10-12-19/h5,8H,4,6-7,9-12H2,1-3H3,(H,16,20). The number of hydrogen-bond donors (Lipinski definition) is 1. The van der Waals surface area contributed by atoms with Crippen molar-refractivity contribution in [3.05, 3.63) is 23.5 Å². The van der Waals surface area contributed by atoms with E-state index in [1.807, 2.05) is 30.8 Å². The van der Waals surface area contributed by atoms with Gasteiger partial charge in [-0.05, 0) is 33.0 Å². The zero-order chi connectivity index (χ0) is 14.5. The molecule has 1 amide bonds. The molecule has 0 saturated carbocycles. The molecule has 1 aromatic heterocycles. The van der Waals surface area contributed by atoms with Gasteiger partial charge < -0.3 is 19.7 Å². The van der Waals surface area contributed by atoms with Crippen molar-refractivity contribution in [1.82, 2.24) is 19.7 Å². The minimum Gasteiger partial charge on any atom is -0.354 e. The van der Waals surface area contributed by atoms with Crippen molar-refractivity contribution < 1.29 is 4.79 Å². The van der Waals surface area contributed by atoms with E-state index in [2.05, 4.69) is 22.2 Å². The third-order valence-electron chi connectivity index (χ3n) is 4.16. The van der Waals surface area contributed by atoms with Crippen LogP contribution in [0, 0.1) is 6.92 Å². The van der Waals surface area contributed by atoms with Gasteiger partial charge in [0.15, 0.2) is 0 Å². The Bertz CT molecular complexity index is 447. The minimum absolute atomic E-state index is 0.0430. The monoisotopic (exact) mass is 278 g/mol. The molecule has 1 aromatic rings. The highest BCUT2D eigenvalue weighted by Crippen LogP contribution is 2.07. The number of likely N-dealkylation sites (N-methyl/N-ethyl adjacent to an activating group) is 1. The van der Waals surface area contributed by atoms with Gasteiger partial charge in [0.25, 0.3) is 5.91 Å². The van der Waals surface area contributed by atoms with Crippen molar-refractivity contribution >= 4 is 5.91 Å². The molecule has 1 N–H and O–H groups in total. The molecule has 0 unspecified atom stereocenters. The Hall–Kier alpha value is -1.33. The average Bonchev–Trinajstić information content (AvgIpc) is 2.77. The van der Waals surface area contributed by atoms with Crippen LogP contribution in [-0.2, 0) is 7.05 Å². The number of nitrogens with zero attached hydrogens (tertiary/aromatic N) is 3. The van der Waals surface area contributed by atoms with Crippen LogP contribution in [0.25, 0.3) is 0 Å². The zero-order valence-corrected chi connectivity index (χ0v) is 12.9. The zero-order valence-electron chi connectivity index (χ0n) is 12.9. The molecule has 1 aliphatic rings. The number of amides is 1. The van der Waals surface area contributed by atoms with Gasteiger partial charge in [-0.25, -0.2) is 0 Å². The van der Waals surface area contributed by atoms with E-state index < -0.39 is 0 Å². The largest absolute Gasteiger partial charge is 0.354 e. The molecule has 0 spiro atoms. The van der Waals surface area contributed by atoms with Crippen molar-refractivity contribution in [2.75, 3.05) is 46.3 Å². The number of rotatable bonds is 5. The summed E-state index contributed by atoms with van der Waals surface area (Å²) >= 11 is 0. The van der Waals surface area contributed by atoms with Crippen LogP contribution in [0.4, 0.5) is 0 Å². The van der Waals surface area contributed by atoms with Gasteiger partial charge in [0.2, 0.25) is 0 Å². The molecule has 0 bridgehead atoms. The summed E-state index contributed by atoms with van der Waals surface area (Å²) in [6.07, 6.45) is 2.94. The maximum atomic E-state index is 12.0. The average molecular weight is 278 g/mol. The molecular weight excluding hydrogens is 252 g/mol. The van der Waals surface area contributed by atoms with Crippen LogP contribution >= 0.6 is 0 Å². The second kappa shape index (κ2) is 6.90. The number of piperazine rings is 1. The molecule has 2 heterocycles. The lowest BCUT2D eigenvalue weighted by Gasteiger charge is -2.32. The van der Waals surface area contributed by atoms with Gasteiger partial charge in [0.05, 0.1) is 5.56 Å². The Morgan fingerprint density at radius 3 is 2.55 bits per heavy atom. The Balaban J connectivity index is 1.66. The van der Waals surface area contributed by atoms with E-state index >= 15 is 0 Å². The van der Waals surface area contributed by atoms with Gasteiger partial charge in [-0.1, -0.05) is 0 Å². The lowest BCUT2D eigenvalue weighted by molar-refractivity contribution is 0.0949. The summed E-state index contributed by atoms with van der Waals surface area (Å²) in [4.78, 5) is 16.9. The maximum Gasteiger partial charge on any atom is 0.253 e. The summed E-state index contributed by atoms with van der Waals surface area (Å²) in [5.41, 5.74) is 1.80. The van der Waals surface area contributed by atoms with Gasteiger partial charge >= 0.3 is 0 Å². The lowest BCUT2D eigenvalue weighted by Crippen LogP contribution is -2.45. The highest BCUT2D eigenvalue weighted by molar-refractivity contribution is 5.95. The van der Waals surface area contributed by atoms with E-state index in [0.29, 0.717) is 0 Å². The van der Waals surface area contributed by atoms with Gasteiger partial charge in [0.1, 0.15) is 0 Å². The highest BCUT2D eigenvalue weighted by Gasteiger charge is 2.14. The predicted octanol–water partition coefficient (Wildman–Crippen LogP) is 0.701. The number of carbonyl (C=O) groups excluding carboxylic acids is 1. The smallest absolute Gasteiger partial charge is 0.253 e. The first-order valence-corrected chi connectivity index (χ1v) is 7.39. The topological polar surface area (TPSA) is 40.5 Å². The van der Waals surface area contributed by atoms with E-state index in [-0.39, 0.29) is 5.91 Å². The van der Waals surface area contributed by atoms with Crippen molar-refractivity contribution in [2.45, 2.75) is 13.3 Å². The van der Waals surface area contributed by atoms with Gasteiger partial charge in [-0.15, -0.1) is 0 Å². The van der Waals surface area contributed by atoms with E-state index in [1.54, 1.807) is 0 Å². The van der Waals surface area contributed by atoms with Crippen molar-refractivity contribution in [3.8, 4) is 0 Å². The molecule has 2 rings (SSSR count). The highest BCUT2D eigenvalue weighted by atomic mass is 16.1. The number of aryl methyl sites for hydroxylation is 1. The Kier molecular flexibility index (Phi) is 5.20. The molecule has 1 saturated heterocycles. The molecule has 0 atom stereocenters. The number of nitrogens with one attached hydrogen (secondary N) is 1. The molecule has 5 heteroatoms. The number of hydrogen-bond acceptors (Lipinski definition) is 3. The van der Waals surface area contributed by atoms with Gasteiger partial charge in [-0.3, -0.25) is 4.79 Å². The molecule has 1 aliphatic heterocycles. The van der Waals surface area contributed by atoms with Crippen LogP contribution in [-0.4, -0.2) is 66.6 Å². The number of carbonyl (C=O) groups is 1. The Morgan fingerprint density at radius 2 is 1.95 bits per heavy atom. The third kappa shape index (κ3) is 3.84.